The van der Waals surface area contributed by atoms with Gasteiger partial charge in [-0.1, -0.05) is 29.3 Å². The maximum Gasteiger partial charge on any atom is 0.259 e. The number of hydrogen-bond acceptors (Lipinski definition) is 4. The molecular weight excluding hydrogens is 378 g/mol. The van der Waals surface area contributed by atoms with Crippen molar-refractivity contribution in [1.29, 1.82) is 0 Å². The Morgan fingerprint density at radius 3 is 2.46 bits per heavy atom. The average Bonchev–Trinajstić information content (AvgIpc) is 2.60. The van der Waals surface area contributed by atoms with Crippen LogP contribution >= 0.6 is 23.2 Å². The van der Waals surface area contributed by atoms with Crippen LogP contribution in [0.25, 0.3) is 0 Å². The maximum atomic E-state index is 13.3. The number of pyridine rings is 1. The fraction of sp³-hybridized carbons (Fsp3) is 0. The van der Waals surface area contributed by atoms with Crippen molar-refractivity contribution in [2.45, 2.75) is 0 Å². The summed E-state index contributed by atoms with van der Waals surface area (Å²) in [6.45, 7) is 0. The summed E-state index contributed by atoms with van der Waals surface area (Å²) in [6.07, 6.45) is 1.52. The van der Waals surface area contributed by atoms with Crippen molar-refractivity contribution in [3.63, 3.8) is 0 Å². The Morgan fingerprint density at radius 2 is 1.77 bits per heavy atom. The molecule has 3 rings (SSSR count). The predicted molar refractivity (Wildman–Crippen MR) is 103 cm³/mol. The molecule has 26 heavy (non-hydrogen) atoms. The number of carbonyl (C=O) groups excluding carboxylic acids is 1. The lowest BCUT2D eigenvalue weighted by atomic mass is 10.2. The van der Waals surface area contributed by atoms with E-state index in [0.717, 1.165) is 0 Å². The van der Waals surface area contributed by atoms with Gasteiger partial charge >= 0.3 is 0 Å². The van der Waals surface area contributed by atoms with Crippen LogP contribution in [0.4, 0.5) is 27.3 Å². The highest BCUT2D eigenvalue weighted by molar-refractivity contribution is 6.39. The van der Waals surface area contributed by atoms with Gasteiger partial charge in [0, 0.05) is 17.6 Å². The van der Waals surface area contributed by atoms with Crippen LogP contribution in [0.1, 0.15) is 10.4 Å². The molecule has 0 aliphatic carbocycles. The van der Waals surface area contributed by atoms with Crippen LogP contribution in [0, 0.1) is 5.82 Å². The lowest BCUT2D eigenvalue weighted by Crippen LogP contribution is -2.15. The highest BCUT2D eigenvalue weighted by Crippen LogP contribution is 2.31. The zero-order valence-electron chi connectivity index (χ0n) is 13.3. The van der Waals surface area contributed by atoms with E-state index in [9.17, 15) is 9.18 Å². The summed E-state index contributed by atoms with van der Waals surface area (Å²) in [4.78, 5) is 16.8. The van der Waals surface area contributed by atoms with Crippen molar-refractivity contribution in [3.05, 3.63) is 76.2 Å². The lowest BCUT2D eigenvalue weighted by molar-refractivity contribution is 0.102. The number of benzene rings is 2. The molecule has 8 heteroatoms. The Kier molecular flexibility index (Phi) is 5.25. The molecule has 5 nitrogen and oxygen atoms in total. The molecule has 1 aromatic heterocycles. The van der Waals surface area contributed by atoms with E-state index < -0.39 is 11.7 Å². The highest BCUT2D eigenvalue weighted by atomic mass is 35.5. The van der Waals surface area contributed by atoms with Gasteiger partial charge in [-0.15, -0.1) is 0 Å². The molecule has 0 aliphatic heterocycles. The highest BCUT2D eigenvalue weighted by Gasteiger charge is 2.14. The Labute approximate surface area is 159 Å². The topological polar surface area (TPSA) is 80.0 Å². The predicted octanol–water partition coefficient (Wildman–Crippen LogP) is 5.11. The van der Waals surface area contributed by atoms with Gasteiger partial charge in [-0.05, 0) is 42.5 Å². The van der Waals surface area contributed by atoms with E-state index >= 15 is 0 Å². The van der Waals surface area contributed by atoms with E-state index in [1.807, 2.05) is 0 Å². The minimum absolute atomic E-state index is 0.233. The number of hydrogen-bond donors (Lipinski definition) is 3. The van der Waals surface area contributed by atoms with Crippen LogP contribution in [-0.4, -0.2) is 10.9 Å². The third-order valence-corrected chi connectivity index (χ3v) is 4.10. The van der Waals surface area contributed by atoms with Gasteiger partial charge in [-0.3, -0.25) is 4.79 Å². The number of nitrogens with two attached hydrogens (primary N) is 1. The first kappa shape index (κ1) is 18.0. The molecule has 4 N–H and O–H groups in total. The van der Waals surface area contributed by atoms with E-state index in [0.29, 0.717) is 11.4 Å². The zero-order chi connectivity index (χ0) is 18.7. The molecule has 1 heterocycles. The normalized spacial score (nSPS) is 10.4. The van der Waals surface area contributed by atoms with E-state index in [4.69, 9.17) is 28.9 Å². The summed E-state index contributed by atoms with van der Waals surface area (Å²) in [5.74, 6) is -0.555. The fourth-order valence-electron chi connectivity index (χ4n) is 2.25. The second-order valence-electron chi connectivity index (χ2n) is 5.34. The van der Waals surface area contributed by atoms with Gasteiger partial charge < -0.3 is 16.4 Å². The third-order valence-electron chi connectivity index (χ3n) is 3.48. The summed E-state index contributed by atoms with van der Waals surface area (Å²) in [5.41, 5.74) is 7.05. The molecule has 0 atom stereocenters. The standard InChI is InChI=1S/C18H13Cl2FN4O/c19-14-8-12(9-15(20)16(14)22)25-18(26)13-5-2-6-23-17(13)24-11-4-1-3-10(21)7-11/h1-9H,22H2,(H,23,24)(H,25,26). The Morgan fingerprint density at radius 1 is 1.04 bits per heavy atom. The van der Waals surface area contributed by atoms with Gasteiger partial charge in [0.2, 0.25) is 0 Å². The van der Waals surface area contributed by atoms with Crippen LogP contribution in [0.5, 0.6) is 0 Å². The number of carbonyl (C=O) groups is 1. The van der Waals surface area contributed by atoms with Crippen molar-refractivity contribution in [3.8, 4) is 0 Å². The minimum Gasteiger partial charge on any atom is -0.396 e. The molecule has 3 aromatic rings. The van der Waals surface area contributed by atoms with Crippen LogP contribution in [-0.2, 0) is 0 Å². The fourth-order valence-corrected chi connectivity index (χ4v) is 2.73. The van der Waals surface area contributed by atoms with E-state index in [-0.39, 0.29) is 27.1 Å². The SMILES string of the molecule is Nc1c(Cl)cc(NC(=O)c2cccnc2Nc2cccc(F)c2)cc1Cl. The van der Waals surface area contributed by atoms with Crippen molar-refractivity contribution < 1.29 is 9.18 Å². The second kappa shape index (κ2) is 7.59. The summed E-state index contributed by atoms with van der Waals surface area (Å²) in [5, 5.41) is 6.08. The van der Waals surface area contributed by atoms with Crippen molar-refractivity contribution in [2.24, 2.45) is 0 Å². The quantitative estimate of drug-likeness (QED) is 0.541. The molecule has 0 saturated carbocycles. The van der Waals surface area contributed by atoms with Gasteiger partial charge in [0.25, 0.3) is 5.91 Å². The first-order valence-corrected chi connectivity index (χ1v) is 8.23. The molecule has 132 valence electrons. The van der Waals surface area contributed by atoms with Crippen molar-refractivity contribution >= 4 is 52.0 Å². The average molecular weight is 391 g/mol. The van der Waals surface area contributed by atoms with Crippen LogP contribution in [0.3, 0.4) is 0 Å². The summed E-state index contributed by atoms with van der Waals surface area (Å²) in [7, 11) is 0. The van der Waals surface area contributed by atoms with Crippen LogP contribution in [0.15, 0.2) is 54.7 Å². The molecule has 0 saturated heterocycles. The number of anilines is 4. The van der Waals surface area contributed by atoms with Gasteiger partial charge in [-0.25, -0.2) is 9.37 Å². The van der Waals surface area contributed by atoms with Crippen LogP contribution in [0.2, 0.25) is 10.0 Å². The summed E-state index contributed by atoms with van der Waals surface area (Å²) < 4.78 is 13.3. The van der Waals surface area contributed by atoms with Crippen LogP contribution < -0.4 is 16.4 Å². The third kappa shape index (κ3) is 4.04. The number of nitrogens with zero attached hydrogens (tertiary/aromatic N) is 1. The molecule has 2 aromatic carbocycles. The Bertz CT molecular complexity index is 958. The first-order valence-electron chi connectivity index (χ1n) is 7.47. The smallest absolute Gasteiger partial charge is 0.259 e. The van der Waals surface area contributed by atoms with Crippen molar-refractivity contribution in [1.82, 2.24) is 4.98 Å². The molecule has 0 bridgehead atoms. The molecule has 0 spiro atoms. The largest absolute Gasteiger partial charge is 0.396 e. The molecule has 1 amide bonds. The number of aromatic nitrogens is 1. The second-order valence-corrected chi connectivity index (χ2v) is 6.16. The van der Waals surface area contributed by atoms with Gasteiger partial charge in [0.1, 0.15) is 11.6 Å². The molecule has 0 fully saturated rings. The maximum absolute atomic E-state index is 13.3. The summed E-state index contributed by atoms with van der Waals surface area (Å²) >= 11 is 12.0. The summed E-state index contributed by atoms with van der Waals surface area (Å²) in [6, 6.07) is 12.0. The number of nitrogens with one attached hydrogen (secondary N) is 2. The Hall–Kier alpha value is -2.83. The number of halogens is 3. The van der Waals surface area contributed by atoms with Gasteiger partial charge in [-0.2, -0.15) is 0 Å². The molecule has 0 aliphatic rings. The number of rotatable bonds is 4. The number of amides is 1. The van der Waals surface area contributed by atoms with E-state index in [2.05, 4.69) is 15.6 Å². The first-order chi connectivity index (χ1) is 12.4. The van der Waals surface area contributed by atoms with E-state index in [1.165, 1.54) is 30.5 Å². The molecular formula is C18H13Cl2FN4O. The lowest BCUT2D eigenvalue weighted by Gasteiger charge is -2.12. The minimum atomic E-state index is -0.436. The molecule has 0 unspecified atom stereocenters. The van der Waals surface area contributed by atoms with Gasteiger partial charge in [0.05, 0.1) is 21.3 Å². The monoisotopic (exact) mass is 390 g/mol. The zero-order valence-corrected chi connectivity index (χ0v) is 14.8. The van der Waals surface area contributed by atoms with E-state index in [1.54, 1.807) is 24.3 Å². The van der Waals surface area contributed by atoms with Crippen molar-refractivity contribution in [2.75, 3.05) is 16.4 Å². The van der Waals surface area contributed by atoms with Gasteiger partial charge in [0.15, 0.2) is 0 Å². The molecule has 0 radical (unpaired) electrons. The number of nitrogen functional groups attached to an aromatic ring is 1. The Balaban J connectivity index is 1.86.